The summed E-state index contributed by atoms with van der Waals surface area (Å²) in [7, 11) is 1.99. The first-order valence-corrected chi connectivity index (χ1v) is 6.33. The van der Waals surface area contributed by atoms with Gasteiger partial charge in [-0.25, -0.2) is 9.18 Å². The molecule has 6 nitrogen and oxygen atoms in total. The Hall–Kier alpha value is -1.86. The Balaban J connectivity index is 2.05. The van der Waals surface area contributed by atoms with Gasteiger partial charge in [0, 0.05) is 25.3 Å². The van der Waals surface area contributed by atoms with E-state index < -0.39 is 11.8 Å². The molecule has 1 saturated heterocycles. The quantitative estimate of drug-likeness (QED) is 0.710. The van der Waals surface area contributed by atoms with Crippen molar-refractivity contribution in [1.29, 1.82) is 0 Å². The van der Waals surface area contributed by atoms with E-state index in [1.807, 2.05) is 7.05 Å². The number of ether oxygens (including phenoxy) is 1. The van der Waals surface area contributed by atoms with Crippen molar-refractivity contribution in [1.82, 2.24) is 4.90 Å². The monoisotopic (exact) mass is 283 g/mol. The van der Waals surface area contributed by atoms with Crippen LogP contribution >= 0.6 is 0 Å². The van der Waals surface area contributed by atoms with Crippen molar-refractivity contribution in [3.8, 4) is 0 Å². The molecule has 1 aromatic rings. The number of halogens is 1. The summed E-state index contributed by atoms with van der Waals surface area (Å²) in [5.74, 6) is -1.75. The normalized spacial score (nSPS) is 19.8. The second-order valence-electron chi connectivity index (χ2n) is 4.86. The van der Waals surface area contributed by atoms with Crippen molar-refractivity contribution in [3.05, 3.63) is 23.5 Å². The molecule has 0 radical (unpaired) electrons. The number of rotatable bonds is 4. The Kier molecular flexibility index (Phi) is 4.41. The first kappa shape index (κ1) is 14.5. The molecule has 1 aliphatic heterocycles. The van der Waals surface area contributed by atoms with E-state index >= 15 is 0 Å². The average Bonchev–Trinajstić information content (AvgIpc) is 2.37. The van der Waals surface area contributed by atoms with Gasteiger partial charge < -0.3 is 25.8 Å². The number of carboxylic acid groups (broad SMARTS) is 1. The number of aromatic carboxylic acids is 1. The summed E-state index contributed by atoms with van der Waals surface area (Å²) in [6.45, 7) is 2.66. The number of carboxylic acids is 1. The van der Waals surface area contributed by atoms with Crippen LogP contribution in [0.25, 0.3) is 0 Å². The summed E-state index contributed by atoms with van der Waals surface area (Å²) in [5.41, 5.74) is 5.38. The van der Waals surface area contributed by atoms with Gasteiger partial charge in [-0.1, -0.05) is 0 Å². The molecule has 4 N–H and O–H groups in total. The lowest BCUT2D eigenvalue weighted by Gasteiger charge is -2.30. The van der Waals surface area contributed by atoms with E-state index in [1.54, 1.807) is 0 Å². The highest BCUT2D eigenvalue weighted by Crippen LogP contribution is 2.22. The maximum atomic E-state index is 13.7. The highest BCUT2D eigenvalue weighted by Gasteiger charge is 2.19. The van der Waals surface area contributed by atoms with Crippen LogP contribution in [0.5, 0.6) is 0 Å². The molecule has 0 aliphatic carbocycles. The lowest BCUT2D eigenvalue weighted by Crippen LogP contribution is -2.43. The van der Waals surface area contributed by atoms with Crippen LogP contribution in [0, 0.1) is 5.82 Å². The highest BCUT2D eigenvalue weighted by atomic mass is 19.1. The number of nitrogens with zero attached hydrogens (tertiary/aromatic N) is 1. The molecule has 0 saturated carbocycles. The van der Waals surface area contributed by atoms with Crippen molar-refractivity contribution in [3.63, 3.8) is 0 Å². The summed E-state index contributed by atoms with van der Waals surface area (Å²) in [6, 6.07) is 2.22. The molecule has 20 heavy (non-hydrogen) atoms. The number of nitrogens with one attached hydrogen (secondary N) is 1. The Morgan fingerprint density at radius 1 is 1.65 bits per heavy atom. The SMILES string of the molecule is CN1CCOC(CNc2cc(C(=O)O)c(N)cc2F)C1. The van der Waals surface area contributed by atoms with E-state index in [-0.39, 0.29) is 23.0 Å². The van der Waals surface area contributed by atoms with Gasteiger partial charge in [0.1, 0.15) is 5.82 Å². The maximum absolute atomic E-state index is 13.7. The summed E-state index contributed by atoms with van der Waals surface area (Å²) in [6.07, 6.45) is -0.0565. The first-order chi connectivity index (χ1) is 9.47. The van der Waals surface area contributed by atoms with E-state index in [4.69, 9.17) is 15.6 Å². The number of hydrogen-bond donors (Lipinski definition) is 3. The van der Waals surface area contributed by atoms with E-state index in [2.05, 4.69) is 10.2 Å². The van der Waals surface area contributed by atoms with Crippen LogP contribution in [0.1, 0.15) is 10.4 Å². The van der Waals surface area contributed by atoms with Crippen LogP contribution in [0.15, 0.2) is 12.1 Å². The summed E-state index contributed by atoms with van der Waals surface area (Å²) >= 11 is 0. The number of anilines is 2. The number of nitrogen functional groups attached to an aromatic ring is 1. The molecule has 1 atom stereocenters. The number of nitrogens with two attached hydrogens (primary N) is 1. The second-order valence-corrected chi connectivity index (χ2v) is 4.86. The minimum atomic E-state index is -1.18. The van der Waals surface area contributed by atoms with Gasteiger partial charge in [0.05, 0.1) is 24.0 Å². The van der Waals surface area contributed by atoms with Gasteiger partial charge in [0.15, 0.2) is 0 Å². The van der Waals surface area contributed by atoms with Gasteiger partial charge in [0.25, 0.3) is 0 Å². The predicted molar refractivity (Wildman–Crippen MR) is 73.5 cm³/mol. The lowest BCUT2D eigenvalue weighted by molar-refractivity contribution is -0.0117. The minimum absolute atomic E-state index is 0.0565. The van der Waals surface area contributed by atoms with E-state index in [0.717, 1.165) is 19.2 Å². The number of likely N-dealkylation sites (N-methyl/N-ethyl adjacent to an activating group) is 1. The standard InChI is InChI=1S/C13H18FN3O3/c1-17-2-3-20-8(7-17)6-16-12-4-9(13(18)19)11(15)5-10(12)14/h4-5,8,16H,2-3,6-7,15H2,1H3,(H,18,19). The molecule has 7 heteroatoms. The molecule has 110 valence electrons. The van der Waals surface area contributed by atoms with Crippen molar-refractivity contribution >= 4 is 17.3 Å². The van der Waals surface area contributed by atoms with Gasteiger partial charge in [-0.3, -0.25) is 0 Å². The molecule has 0 amide bonds. The van der Waals surface area contributed by atoms with Crippen LogP contribution in [-0.2, 0) is 4.74 Å². The Morgan fingerprint density at radius 3 is 3.05 bits per heavy atom. The van der Waals surface area contributed by atoms with Gasteiger partial charge >= 0.3 is 5.97 Å². The molecule has 1 fully saturated rings. The maximum Gasteiger partial charge on any atom is 0.337 e. The van der Waals surface area contributed by atoms with Crippen LogP contribution in [0.3, 0.4) is 0 Å². The number of hydrogen-bond acceptors (Lipinski definition) is 5. The van der Waals surface area contributed by atoms with E-state index in [9.17, 15) is 9.18 Å². The fourth-order valence-electron chi connectivity index (χ4n) is 2.12. The molecular weight excluding hydrogens is 265 g/mol. The van der Waals surface area contributed by atoms with E-state index in [0.29, 0.717) is 13.2 Å². The first-order valence-electron chi connectivity index (χ1n) is 6.33. The van der Waals surface area contributed by atoms with Gasteiger partial charge in [-0.15, -0.1) is 0 Å². The highest BCUT2D eigenvalue weighted by molar-refractivity contribution is 5.94. The molecule has 1 aliphatic rings. The third-order valence-electron chi connectivity index (χ3n) is 3.23. The Labute approximate surface area is 116 Å². The smallest absolute Gasteiger partial charge is 0.337 e. The van der Waals surface area contributed by atoms with Crippen LogP contribution in [-0.4, -0.2) is 55.4 Å². The Morgan fingerprint density at radius 2 is 2.40 bits per heavy atom. The molecule has 1 aromatic carbocycles. The average molecular weight is 283 g/mol. The molecular formula is C13H18FN3O3. The third kappa shape index (κ3) is 3.37. The van der Waals surface area contributed by atoms with Gasteiger partial charge in [-0.2, -0.15) is 0 Å². The largest absolute Gasteiger partial charge is 0.478 e. The van der Waals surface area contributed by atoms with Crippen molar-refractivity contribution < 1.29 is 19.0 Å². The fourth-order valence-corrected chi connectivity index (χ4v) is 2.12. The van der Waals surface area contributed by atoms with E-state index in [1.165, 1.54) is 6.07 Å². The van der Waals surface area contributed by atoms with Crippen molar-refractivity contribution in [2.75, 3.05) is 44.3 Å². The second kappa shape index (κ2) is 6.06. The van der Waals surface area contributed by atoms with Crippen molar-refractivity contribution in [2.24, 2.45) is 0 Å². The molecule has 0 spiro atoms. The fraction of sp³-hybridized carbons (Fsp3) is 0.462. The minimum Gasteiger partial charge on any atom is -0.478 e. The third-order valence-corrected chi connectivity index (χ3v) is 3.23. The van der Waals surface area contributed by atoms with Crippen LogP contribution < -0.4 is 11.1 Å². The van der Waals surface area contributed by atoms with Crippen LogP contribution in [0.2, 0.25) is 0 Å². The number of morpholine rings is 1. The zero-order chi connectivity index (χ0) is 14.7. The summed E-state index contributed by atoms with van der Waals surface area (Å²) < 4.78 is 19.3. The zero-order valence-electron chi connectivity index (χ0n) is 11.2. The number of carbonyl (C=O) groups is 1. The molecule has 2 rings (SSSR count). The molecule has 1 unspecified atom stereocenters. The van der Waals surface area contributed by atoms with Crippen LogP contribution in [0.4, 0.5) is 15.8 Å². The topological polar surface area (TPSA) is 87.8 Å². The lowest BCUT2D eigenvalue weighted by atomic mass is 10.1. The van der Waals surface area contributed by atoms with Gasteiger partial charge in [0.2, 0.25) is 0 Å². The van der Waals surface area contributed by atoms with Gasteiger partial charge in [-0.05, 0) is 19.2 Å². The zero-order valence-corrected chi connectivity index (χ0v) is 11.2. The summed E-state index contributed by atoms with van der Waals surface area (Å²) in [5, 5.41) is 11.9. The molecule has 0 bridgehead atoms. The Bertz CT molecular complexity index is 510. The number of benzene rings is 1. The predicted octanol–water partition coefficient (Wildman–Crippen LogP) is 0.849. The van der Waals surface area contributed by atoms with Crippen molar-refractivity contribution in [2.45, 2.75) is 6.10 Å². The molecule has 1 heterocycles. The summed E-state index contributed by atoms with van der Waals surface area (Å²) in [4.78, 5) is 13.1. The molecule has 0 aromatic heterocycles.